The highest BCUT2D eigenvalue weighted by molar-refractivity contribution is 5.69. The van der Waals surface area contributed by atoms with Gasteiger partial charge in [0.05, 0.1) is 28.7 Å². The molecular weight excluding hydrogens is 250 g/mol. The van der Waals surface area contributed by atoms with Crippen LogP contribution in [0.3, 0.4) is 0 Å². The first-order valence-corrected chi connectivity index (χ1v) is 6.66. The number of anilines is 2. The Morgan fingerprint density at radius 2 is 2.15 bits per heavy atom. The van der Waals surface area contributed by atoms with Crippen molar-refractivity contribution in [3.63, 3.8) is 0 Å². The van der Waals surface area contributed by atoms with Crippen molar-refractivity contribution in [2.75, 3.05) is 5.32 Å². The molecule has 1 saturated carbocycles. The van der Waals surface area contributed by atoms with E-state index >= 15 is 0 Å². The summed E-state index contributed by atoms with van der Waals surface area (Å²) in [5, 5.41) is 12.5. The Labute approximate surface area is 118 Å². The Morgan fingerprint density at radius 1 is 1.30 bits per heavy atom. The quantitative estimate of drug-likeness (QED) is 0.918. The third-order valence-corrected chi connectivity index (χ3v) is 3.21. The molecule has 0 spiro atoms. The zero-order chi connectivity index (χ0) is 13.9. The third kappa shape index (κ3) is 2.72. The van der Waals surface area contributed by atoms with Crippen molar-refractivity contribution in [2.24, 2.45) is 0 Å². The molecule has 1 N–H and O–H groups in total. The predicted molar refractivity (Wildman–Crippen MR) is 77.1 cm³/mol. The second-order valence-corrected chi connectivity index (χ2v) is 4.90. The maximum absolute atomic E-state index is 9.20. The van der Waals surface area contributed by atoms with E-state index in [9.17, 15) is 5.26 Å². The van der Waals surface area contributed by atoms with Gasteiger partial charge in [0.2, 0.25) is 0 Å². The fraction of sp³-hybridized carbons (Fsp3) is 0.250. The molecule has 0 atom stereocenters. The number of hydrogen-bond donors (Lipinski definition) is 1. The lowest BCUT2D eigenvalue weighted by Gasteiger charge is -2.12. The normalized spacial score (nSPS) is 13.6. The predicted octanol–water partition coefficient (Wildman–Crippen LogP) is 3.55. The molecular formula is C16H15N3O. The van der Waals surface area contributed by atoms with Crippen molar-refractivity contribution < 1.29 is 4.74 Å². The van der Waals surface area contributed by atoms with Gasteiger partial charge in [0.1, 0.15) is 11.8 Å². The van der Waals surface area contributed by atoms with Crippen LogP contribution in [0, 0.1) is 18.3 Å². The summed E-state index contributed by atoms with van der Waals surface area (Å²) in [6.07, 6.45) is 4.32. The van der Waals surface area contributed by atoms with Gasteiger partial charge in [-0.05, 0) is 44.0 Å². The van der Waals surface area contributed by atoms with Gasteiger partial charge in [0.25, 0.3) is 0 Å². The van der Waals surface area contributed by atoms with E-state index in [1.807, 2.05) is 31.2 Å². The van der Waals surface area contributed by atoms with Crippen LogP contribution in [0.25, 0.3) is 0 Å². The molecule has 1 aromatic carbocycles. The van der Waals surface area contributed by atoms with Crippen LogP contribution in [0.15, 0.2) is 36.5 Å². The molecule has 0 amide bonds. The number of aromatic nitrogens is 1. The molecule has 3 rings (SSSR count). The van der Waals surface area contributed by atoms with E-state index in [2.05, 4.69) is 16.4 Å². The molecule has 0 unspecified atom stereocenters. The molecule has 2 aromatic rings. The maximum atomic E-state index is 9.20. The number of ether oxygens (including phenoxy) is 1. The smallest absolute Gasteiger partial charge is 0.121 e. The summed E-state index contributed by atoms with van der Waals surface area (Å²) in [6, 6.07) is 11.5. The lowest BCUT2D eigenvalue weighted by atomic mass is 10.1. The van der Waals surface area contributed by atoms with Crippen molar-refractivity contribution in [3.8, 4) is 11.8 Å². The summed E-state index contributed by atoms with van der Waals surface area (Å²) in [4.78, 5) is 4.23. The minimum absolute atomic E-state index is 0.343. The molecule has 0 saturated heterocycles. The fourth-order valence-corrected chi connectivity index (χ4v) is 1.94. The van der Waals surface area contributed by atoms with Gasteiger partial charge in [-0.25, -0.2) is 0 Å². The highest BCUT2D eigenvalue weighted by Crippen LogP contribution is 2.31. The number of pyridine rings is 1. The molecule has 0 bridgehead atoms. The Bertz CT molecular complexity index is 672. The topological polar surface area (TPSA) is 57.9 Å². The average Bonchev–Trinajstić information content (AvgIpc) is 3.26. The Balaban J connectivity index is 1.90. The molecule has 1 aliphatic carbocycles. The van der Waals surface area contributed by atoms with Crippen LogP contribution in [-0.4, -0.2) is 11.1 Å². The molecule has 1 aliphatic rings. The van der Waals surface area contributed by atoms with Crippen LogP contribution in [0.1, 0.15) is 24.1 Å². The Morgan fingerprint density at radius 3 is 2.85 bits per heavy atom. The van der Waals surface area contributed by atoms with Gasteiger partial charge in [-0.2, -0.15) is 5.26 Å². The zero-order valence-corrected chi connectivity index (χ0v) is 11.3. The molecule has 0 radical (unpaired) electrons. The van der Waals surface area contributed by atoms with Gasteiger partial charge in [-0.1, -0.05) is 0 Å². The van der Waals surface area contributed by atoms with E-state index in [4.69, 9.17) is 4.74 Å². The van der Waals surface area contributed by atoms with Gasteiger partial charge in [0, 0.05) is 12.3 Å². The molecule has 1 heterocycles. The van der Waals surface area contributed by atoms with Gasteiger partial charge in [-0.15, -0.1) is 0 Å². The summed E-state index contributed by atoms with van der Waals surface area (Å²) in [7, 11) is 0. The zero-order valence-electron chi connectivity index (χ0n) is 11.3. The highest BCUT2D eigenvalue weighted by Gasteiger charge is 2.23. The summed E-state index contributed by atoms with van der Waals surface area (Å²) < 4.78 is 5.77. The molecule has 4 heteroatoms. The van der Waals surface area contributed by atoms with E-state index in [0.29, 0.717) is 11.7 Å². The first-order valence-electron chi connectivity index (χ1n) is 6.66. The molecule has 4 nitrogen and oxygen atoms in total. The monoisotopic (exact) mass is 265 g/mol. The van der Waals surface area contributed by atoms with Crippen molar-refractivity contribution >= 4 is 11.4 Å². The second kappa shape index (κ2) is 5.22. The van der Waals surface area contributed by atoms with E-state index in [0.717, 1.165) is 35.7 Å². The number of benzene rings is 1. The molecule has 20 heavy (non-hydrogen) atoms. The number of hydrogen-bond acceptors (Lipinski definition) is 4. The number of nitrogens with one attached hydrogen (secondary N) is 1. The van der Waals surface area contributed by atoms with Crippen LogP contribution in [0.5, 0.6) is 5.75 Å². The van der Waals surface area contributed by atoms with Crippen LogP contribution < -0.4 is 10.1 Å². The number of rotatable bonds is 4. The van der Waals surface area contributed by atoms with E-state index in [1.165, 1.54) is 0 Å². The van der Waals surface area contributed by atoms with Gasteiger partial charge >= 0.3 is 0 Å². The van der Waals surface area contributed by atoms with Gasteiger partial charge in [0.15, 0.2) is 0 Å². The first-order chi connectivity index (χ1) is 9.76. The summed E-state index contributed by atoms with van der Waals surface area (Å²) >= 11 is 0. The van der Waals surface area contributed by atoms with Crippen molar-refractivity contribution in [3.05, 3.63) is 47.8 Å². The molecule has 0 aliphatic heterocycles. The maximum Gasteiger partial charge on any atom is 0.121 e. The number of nitriles is 1. The number of nitrogens with zero attached hydrogens (tertiary/aromatic N) is 2. The molecule has 1 fully saturated rings. The van der Waals surface area contributed by atoms with Crippen LogP contribution in [0.4, 0.5) is 11.4 Å². The SMILES string of the molecule is Cc1ncccc1Nc1cc(OC2CC2)ccc1C#N. The van der Waals surface area contributed by atoms with E-state index in [-0.39, 0.29) is 0 Å². The lowest BCUT2D eigenvalue weighted by molar-refractivity contribution is 0.303. The minimum Gasteiger partial charge on any atom is -0.490 e. The Hall–Kier alpha value is -2.54. The largest absolute Gasteiger partial charge is 0.490 e. The van der Waals surface area contributed by atoms with Gasteiger partial charge in [-0.3, -0.25) is 4.98 Å². The summed E-state index contributed by atoms with van der Waals surface area (Å²) in [6.45, 7) is 1.93. The third-order valence-electron chi connectivity index (χ3n) is 3.21. The van der Waals surface area contributed by atoms with E-state index in [1.54, 1.807) is 12.3 Å². The fourth-order valence-electron chi connectivity index (χ4n) is 1.94. The summed E-state index contributed by atoms with van der Waals surface area (Å²) in [5.41, 5.74) is 3.13. The van der Waals surface area contributed by atoms with Gasteiger partial charge < -0.3 is 10.1 Å². The first kappa shape index (κ1) is 12.5. The van der Waals surface area contributed by atoms with Crippen LogP contribution in [0.2, 0.25) is 0 Å². The van der Waals surface area contributed by atoms with Crippen molar-refractivity contribution in [2.45, 2.75) is 25.9 Å². The number of aryl methyl sites for hydroxylation is 1. The lowest BCUT2D eigenvalue weighted by Crippen LogP contribution is -2.00. The van der Waals surface area contributed by atoms with Crippen molar-refractivity contribution in [1.29, 1.82) is 5.26 Å². The second-order valence-electron chi connectivity index (χ2n) is 4.90. The van der Waals surface area contributed by atoms with Crippen molar-refractivity contribution in [1.82, 2.24) is 4.98 Å². The average molecular weight is 265 g/mol. The highest BCUT2D eigenvalue weighted by atomic mass is 16.5. The summed E-state index contributed by atoms with van der Waals surface area (Å²) in [5.74, 6) is 0.801. The standard InChI is InChI=1S/C16H15N3O/c1-11-15(3-2-8-18-11)19-16-9-14(20-13-6-7-13)5-4-12(16)10-17/h2-5,8-9,13,19H,6-7H2,1H3. The molecule has 100 valence electrons. The van der Waals surface area contributed by atoms with Crippen LogP contribution >= 0.6 is 0 Å². The van der Waals surface area contributed by atoms with E-state index < -0.39 is 0 Å². The molecule has 1 aromatic heterocycles. The van der Waals surface area contributed by atoms with Crippen LogP contribution in [-0.2, 0) is 0 Å². The Kier molecular flexibility index (Phi) is 3.26. The minimum atomic E-state index is 0.343.